The predicted octanol–water partition coefficient (Wildman–Crippen LogP) is 2.36. The first-order valence-electron chi connectivity index (χ1n) is 4.57. The smallest absolute Gasteiger partial charge is 0.263 e. The number of hydrogen-bond acceptors (Lipinski definition) is 5. The average Bonchev–Trinajstić information content (AvgIpc) is 2.77. The molecule has 0 saturated heterocycles. The summed E-state index contributed by atoms with van der Waals surface area (Å²) in [7, 11) is -3.87. The van der Waals surface area contributed by atoms with E-state index in [-0.39, 0.29) is 26.3 Å². The van der Waals surface area contributed by atoms with E-state index in [0.717, 1.165) is 6.26 Å². The number of nitrogens with zero attached hydrogens (tertiary/aromatic N) is 1. The van der Waals surface area contributed by atoms with Crippen LogP contribution in [-0.4, -0.2) is 13.6 Å². The largest absolute Gasteiger partial charge is 0.396 e. The quantitative estimate of drug-likeness (QED) is 0.848. The van der Waals surface area contributed by atoms with Gasteiger partial charge in [-0.05, 0) is 12.1 Å². The van der Waals surface area contributed by atoms with E-state index in [1.807, 2.05) is 0 Å². The molecule has 0 radical (unpaired) electrons. The van der Waals surface area contributed by atoms with Crippen LogP contribution in [0.1, 0.15) is 0 Å². The molecule has 0 atom stereocenters. The van der Waals surface area contributed by atoms with Crippen molar-refractivity contribution in [3.63, 3.8) is 0 Å². The number of sulfonamides is 1. The summed E-state index contributed by atoms with van der Waals surface area (Å²) in [6, 6.07) is 2.61. The van der Waals surface area contributed by atoms with Gasteiger partial charge in [-0.1, -0.05) is 28.4 Å². The number of aromatic nitrogens is 1. The summed E-state index contributed by atoms with van der Waals surface area (Å²) in [6.07, 6.45) is 2.36. The van der Waals surface area contributed by atoms with E-state index in [4.69, 9.17) is 28.9 Å². The standard InChI is InChI=1S/C9H7Cl2N3O3S/c10-6-1-2-7(8(11)9(6)12)18(15,16)14-5-3-13-17-4-5/h1-4,14H,12H2. The Balaban J connectivity index is 2.45. The maximum absolute atomic E-state index is 12.0. The van der Waals surface area contributed by atoms with E-state index in [2.05, 4.69) is 14.4 Å². The van der Waals surface area contributed by atoms with E-state index in [1.165, 1.54) is 18.3 Å². The molecule has 18 heavy (non-hydrogen) atoms. The highest BCUT2D eigenvalue weighted by Crippen LogP contribution is 2.33. The highest BCUT2D eigenvalue weighted by atomic mass is 35.5. The molecule has 0 unspecified atom stereocenters. The number of rotatable bonds is 3. The van der Waals surface area contributed by atoms with Gasteiger partial charge in [-0.3, -0.25) is 4.72 Å². The maximum atomic E-state index is 12.0. The molecule has 3 N–H and O–H groups in total. The minimum Gasteiger partial charge on any atom is -0.396 e. The number of hydrogen-bond donors (Lipinski definition) is 2. The van der Waals surface area contributed by atoms with Gasteiger partial charge in [-0.25, -0.2) is 8.42 Å². The van der Waals surface area contributed by atoms with Gasteiger partial charge in [0.1, 0.15) is 16.8 Å². The normalized spacial score (nSPS) is 11.4. The zero-order valence-corrected chi connectivity index (χ0v) is 11.1. The summed E-state index contributed by atoms with van der Waals surface area (Å²) < 4.78 is 30.8. The summed E-state index contributed by atoms with van der Waals surface area (Å²) in [5.41, 5.74) is 5.75. The molecule has 1 aromatic heterocycles. The van der Waals surface area contributed by atoms with Gasteiger partial charge >= 0.3 is 0 Å². The minimum atomic E-state index is -3.87. The Labute approximate surface area is 113 Å². The lowest BCUT2D eigenvalue weighted by Crippen LogP contribution is -2.13. The van der Waals surface area contributed by atoms with Crippen LogP contribution < -0.4 is 10.5 Å². The van der Waals surface area contributed by atoms with Crippen LogP contribution >= 0.6 is 23.2 Å². The van der Waals surface area contributed by atoms with Gasteiger partial charge in [0.25, 0.3) is 10.0 Å². The lowest BCUT2D eigenvalue weighted by molar-refractivity contribution is 0.420. The highest BCUT2D eigenvalue weighted by molar-refractivity contribution is 7.92. The third-order valence-corrected chi connectivity index (χ3v) is 4.34. The Morgan fingerprint density at radius 2 is 2.06 bits per heavy atom. The fraction of sp³-hybridized carbons (Fsp3) is 0. The molecule has 9 heteroatoms. The van der Waals surface area contributed by atoms with Crippen LogP contribution in [0.5, 0.6) is 0 Å². The second-order valence-electron chi connectivity index (χ2n) is 3.29. The molecule has 2 aromatic rings. The van der Waals surface area contributed by atoms with Crippen LogP contribution in [0.25, 0.3) is 0 Å². The zero-order chi connectivity index (χ0) is 13.3. The Morgan fingerprint density at radius 1 is 1.33 bits per heavy atom. The molecule has 6 nitrogen and oxygen atoms in total. The summed E-state index contributed by atoms with van der Waals surface area (Å²) in [5, 5.41) is 3.42. The molecule has 0 aliphatic heterocycles. The van der Waals surface area contributed by atoms with Crippen molar-refractivity contribution >= 4 is 44.6 Å². The number of anilines is 2. The summed E-state index contributed by atoms with van der Waals surface area (Å²) in [6.45, 7) is 0. The van der Waals surface area contributed by atoms with E-state index < -0.39 is 10.0 Å². The Morgan fingerprint density at radius 3 is 2.67 bits per heavy atom. The highest BCUT2D eigenvalue weighted by Gasteiger charge is 2.21. The van der Waals surface area contributed by atoms with Crippen molar-refractivity contribution in [2.45, 2.75) is 4.90 Å². The van der Waals surface area contributed by atoms with Crippen molar-refractivity contribution in [3.05, 3.63) is 34.6 Å². The van der Waals surface area contributed by atoms with Gasteiger partial charge in [-0.2, -0.15) is 0 Å². The first-order valence-corrected chi connectivity index (χ1v) is 6.81. The lowest BCUT2D eigenvalue weighted by Gasteiger charge is -2.09. The Bertz CT molecular complexity index is 671. The first kappa shape index (κ1) is 13.0. The van der Waals surface area contributed by atoms with E-state index in [9.17, 15) is 8.42 Å². The maximum Gasteiger partial charge on any atom is 0.263 e. The Hall–Kier alpha value is -1.44. The van der Waals surface area contributed by atoms with Gasteiger partial charge in [0.15, 0.2) is 0 Å². The van der Waals surface area contributed by atoms with Crippen molar-refractivity contribution in [2.24, 2.45) is 0 Å². The van der Waals surface area contributed by atoms with Crippen LogP contribution in [0.3, 0.4) is 0 Å². The van der Waals surface area contributed by atoms with Crippen molar-refractivity contribution < 1.29 is 12.9 Å². The molecule has 0 bridgehead atoms. The number of nitrogen functional groups attached to an aromatic ring is 1. The third kappa shape index (κ3) is 2.38. The first-order chi connectivity index (χ1) is 8.42. The number of benzene rings is 1. The molecule has 0 saturated carbocycles. The SMILES string of the molecule is Nc1c(Cl)ccc(S(=O)(=O)Nc2cnoc2)c1Cl. The topological polar surface area (TPSA) is 98.2 Å². The zero-order valence-electron chi connectivity index (χ0n) is 8.72. The van der Waals surface area contributed by atoms with E-state index >= 15 is 0 Å². The fourth-order valence-corrected chi connectivity index (χ4v) is 3.01. The molecule has 0 amide bonds. The second-order valence-corrected chi connectivity index (χ2v) is 5.73. The van der Waals surface area contributed by atoms with Crippen molar-refractivity contribution in [2.75, 3.05) is 10.5 Å². The molecule has 0 spiro atoms. The Kier molecular flexibility index (Phi) is 3.38. The van der Waals surface area contributed by atoms with Crippen LogP contribution in [-0.2, 0) is 10.0 Å². The van der Waals surface area contributed by atoms with Crippen LogP contribution in [0.15, 0.2) is 34.0 Å². The lowest BCUT2D eigenvalue weighted by atomic mass is 10.3. The fourth-order valence-electron chi connectivity index (χ4n) is 1.22. The van der Waals surface area contributed by atoms with Crippen LogP contribution in [0.4, 0.5) is 11.4 Å². The molecule has 1 aromatic carbocycles. The van der Waals surface area contributed by atoms with E-state index in [1.54, 1.807) is 0 Å². The van der Waals surface area contributed by atoms with Crippen molar-refractivity contribution in [3.8, 4) is 0 Å². The summed E-state index contributed by atoms with van der Waals surface area (Å²) in [5.74, 6) is 0. The monoisotopic (exact) mass is 307 g/mol. The third-order valence-electron chi connectivity index (χ3n) is 2.07. The number of halogens is 2. The van der Waals surface area contributed by atoms with Gasteiger partial charge in [-0.15, -0.1) is 0 Å². The molecule has 0 aliphatic rings. The van der Waals surface area contributed by atoms with Crippen LogP contribution in [0.2, 0.25) is 10.0 Å². The molecule has 1 heterocycles. The average molecular weight is 308 g/mol. The molecule has 2 rings (SSSR count). The molecular formula is C9H7Cl2N3O3S. The molecule has 0 aliphatic carbocycles. The minimum absolute atomic E-state index is 0.00604. The van der Waals surface area contributed by atoms with Gasteiger partial charge in [0.05, 0.1) is 21.9 Å². The van der Waals surface area contributed by atoms with Crippen LogP contribution in [0, 0.1) is 0 Å². The molecular weight excluding hydrogens is 301 g/mol. The second kappa shape index (κ2) is 4.68. The molecule has 0 fully saturated rings. The van der Waals surface area contributed by atoms with Gasteiger partial charge in [0, 0.05) is 0 Å². The van der Waals surface area contributed by atoms with Crippen molar-refractivity contribution in [1.82, 2.24) is 5.16 Å². The van der Waals surface area contributed by atoms with E-state index in [0.29, 0.717) is 0 Å². The van der Waals surface area contributed by atoms with Gasteiger partial charge in [0.2, 0.25) is 0 Å². The number of nitrogens with one attached hydrogen (secondary N) is 1. The number of nitrogens with two attached hydrogens (primary N) is 1. The summed E-state index contributed by atoms with van der Waals surface area (Å²) in [4.78, 5) is -0.174. The molecule has 96 valence electrons. The predicted molar refractivity (Wildman–Crippen MR) is 68.2 cm³/mol. The van der Waals surface area contributed by atoms with Crippen molar-refractivity contribution in [1.29, 1.82) is 0 Å². The van der Waals surface area contributed by atoms with Gasteiger partial charge < -0.3 is 10.3 Å². The summed E-state index contributed by atoms with van der Waals surface area (Å²) >= 11 is 11.6.